The SMILES string of the molecule is OC1(c2ccc(Br)c(Cl)c2F)CC2CCC(C1)N2. The first-order valence-electron chi connectivity index (χ1n) is 6.12. The third-order valence-corrected chi connectivity index (χ3v) is 5.30. The fraction of sp³-hybridized carbons (Fsp3) is 0.538. The molecule has 2 bridgehead atoms. The first-order chi connectivity index (χ1) is 8.49. The van der Waals surface area contributed by atoms with Crippen molar-refractivity contribution in [3.8, 4) is 0 Å². The lowest BCUT2D eigenvalue weighted by molar-refractivity contribution is -0.0143. The molecule has 2 heterocycles. The lowest BCUT2D eigenvalue weighted by atomic mass is 9.81. The van der Waals surface area contributed by atoms with E-state index in [1.54, 1.807) is 12.1 Å². The van der Waals surface area contributed by atoms with Crippen LogP contribution in [0, 0.1) is 5.82 Å². The molecule has 2 unspecified atom stereocenters. The summed E-state index contributed by atoms with van der Waals surface area (Å²) in [5.41, 5.74) is -0.764. The van der Waals surface area contributed by atoms with Gasteiger partial charge in [0, 0.05) is 22.1 Å². The Morgan fingerprint density at radius 1 is 1.33 bits per heavy atom. The molecule has 2 aliphatic rings. The van der Waals surface area contributed by atoms with E-state index in [0.29, 0.717) is 22.9 Å². The highest BCUT2D eigenvalue weighted by Crippen LogP contribution is 2.43. The Labute approximate surface area is 119 Å². The number of halogens is 3. The van der Waals surface area contributed by atoms with Crippen LogP contribution >= 0.6 is 27.5 Å². The highest BCUT2D eigenvalue weighted by atomic mass is 79.9. The summed E-state index contributed by atoms with van der Waals surface area (Å²) in [5, 5.41) is 14.2. The summed E-state index contributed by atoms with van der Waals surface area (Å²) >= 11 is 9.10. The molecular weight excluding hydrogens is 321 g/mol. The predicted molar refractivity (Wildman–Crippen MR) is 72.2 cm³/mol. The summed E-state index contributed by atoms with van der Waals surface area (Å²) in [5.74, 6) is -0.505. The molecule has 2 N–H and O–H groups in total. The quantitative estimate of drug-likeness (QED) is 0.772. The van der Waals surface area contributed by atoms with Gasteiger partial charge < -0.3 is 10.4 Å². The van der Waals surface area contributed by atoms with Crippen molar-refractivity contribution in [3.63, 3.8) is 0 Å². The molecule has 5 heteroatoms. The monoisotopic (exact) mass is 333 g/mol. The minimum absolute atomic E-state index is 0.0480. The Morgan fingerprint density at radius 2 is 1.94 bits per heavy atom. The third-order valence-electron chi connectivity index (χ3n) is 4.04. The molecule has 0 aromatic heterocycles. The average Bonchev–Trinajstić information content (AvgIpc) is 2.66. The van der Waals surface area contributed by atoms with E-state index in [9.17, 15) is 9.50 Å². The van der Waals surface area contributed by atoms with Gasteiger partial charge in [-0.1, -0.05) is 17.7 Å². The normalized spacial score (nSPS) is 34.9. The second kappa shape index (κ2) is 4.44. The molecule has 0 radical (unpaired) electrons. The van der Waals surface area contributed by atoms with Gasteiger partial charge in [-0.05, 0) is 47.7 Å². The van der Waals surface area contributed by atoms with Crippen molar-refractivity contribution in [1.29, 1.82) is 0 Å². The number of hydrogen-bond acceptors (Lipinski definition) is 2. The van der Waals surface area contributed by atoms with Crippen molar-refractivity contribution in [2.24, 2.45) is 0 Å². The lowest BCUT2D eigenvalue weighted by Crippen LogP contribution is -2.47. The summed E-state index contributed by atoms with van der Waals surface area (Å²) in [7, 11) is 0. The van der Waals surface area contributed by atoms with Gasteiger partial charge in [0.25, 0.3) is 0 Å². The molecule has 2 saturated heterocycles. The van der Waals surface area contributed by atoms with Gasteiger partial charge in [-0.3, -0.25) is 0 Å². The molecule has 2 atom stereocenters. The van der Waals surface area contributed by atoms with Crippen molar-refractivity contribution in [2.45, 2.75) is 43.4 Å². The topological polar surface area (TPSA) is 32.3 Å². The van der Waals surface area contributed by atoms with Gasteiger partial charge in [0.2, 0.25) is 0 Å². The number of aliphatic hydroxyl groups is 1. The maximum absolute atomic E-state index is 14.2. The van der Waals surface area contributed by atoms with E-state index < -0.39 is 11.4 Å². The molecule has 0 saturated carbocycles. The molecule has 0 amide bonds. The van der Waals surface area contributed by atoms with Gasteiger partial charge in [-0.2, -0.15) is 0 Å². The molecule has 3 rings (SSSR count). The van der Waals surface area contributed by atoms with Crippen LogP contribution in [-0.2, 0) is 5.60 Å². The molecule has 18 heavy (non-hydrogen) atoms. The standard InChI is InChI=1S/C13H14BrClFNO/c14-10-4-3-9(12(16)11(10)15)13(18)5-7-1-2-8(6-13)17-7/h3-4,7-8,17-18H,1-2,5-6H2. The van der Waals surface area contributed by atoms with Crippen LogP contribution in [0.4, 0.5) is 4.39 Å². The Bertz CT molecular complexity index is 484. The molecule has 2 fully saturated rings. The number of benzene rings is 1. The predicted octanol–water partition coefficient (Wildman–Crippen LogP) is 3.34. The summed E-state index contributed by atoms with van der Waals surface area (Å²) in [6.07, 6.45) is 3.22. The fourth-order valence-corrected chi connectivity index (χ4v) is 3.70. The Balaban J connectivity index is 2.01. The van der Waals surface area contributed by atoms with Crippen molar-refractivity contribution in [3.05, 3.63) is 33.0 Å². The van der Waals surface area contributed by atoms with Gasteiger partial charge >= 0.3 is 0 Å². The lowest BCUT2D eigenvalue weighted by Gasteiger charge is -2.37. The third kappa shape index (κ3) is 1.99. The van der Waals surface area contributed by atoms with Crippen LogP contribution in [0.15, 0.2) is 16.6 Å². The van der Waals surface area contributed by atoms with E-state index in [0.717, 1.165) is 12.8 Å². The zero-order valence-corrected chi connectivity index (χ0v) is 12.1. The zero-order valence-electron chi connectivity index (χ0n) is 9.72. The van der Waals surface area contributed by atoms with Crippen LogP contribution in [0.1, 0.15) is 31.2 Å². The zero-order chi connectivity index (χ0) is 12.9. The van der Waals surface area contributed by atoms with Gasteiger partial charge in [-0.15, -0.1) is 0 Å². The van der Waals surface area contributed by atoms with E-state index >= 15 is 0 Å². The Hall–Kier alpha value is -0.160. The Kier molecular flexibility index (Phi) is 3.17. The molecule has 0 aliphatic carbocycles. The number of fused-ring (bicyclic) bond motifs is 2. The van der Waals surface area contributed by atoms with Crippen LogP contribution in [0.3, 0.4) is 0 Å². The smallest absolute Gasteiger partial charge is 0.149 e. The minimum atomic E-state index is -1.09. The second-order valence-corrected chi connectivity index (χ2v) is 6.53. The van der Waals surface area contributed by atoms with Crippen molar-refractivity contribution < 1.29 is 9.50 Å². The molecule has 1 aromatic rings. The van der Waals surface area contributed by atoms with Crippen LogP contribution in [-0.4, -0.2) is 17.2 Å². The molecule has 0 spiro atoms. The largest absolute Gasteiger partial charge is 0.385 e. The van der Waals surface area contributed by atoms with Gasteiger partial charge in [0.15, 0.2) is 0 Å². The summed E-state index contributed by atoms with van der Waals surface area (Å²) in [4.78, 5) is 0. The highest BCUT2D eigenvalue weighted by Gasteiger charge is 2.45. The first-order valence-corrected chi connectivity index (χ1v) is 7.29. The van der Waals surface area contributed by atoms with Gasteiger partial charge in [0.05, 0.1) is 10.6 Å². The van der Waals surface area contributed by atoms with Crippen molar-refractivity contribution >= 4 is 27.5 Å². The van der Waals surface area contributed by atoms with Crippen LogP contribution < -0.4 is 5.32 Å². The van der Waals surface area contributed by atoms with Gasteiger partial charge in [-0.25, -0.2) is 4.39 Å². The minimum Gasteiger partial charge on any atom is -0.385 e. The summed E-state index contributed by atoms with van der Waals surface area (Å²) in [6, 6.07) is 3.91. The number of piperidine rings is 1. The van der Waals surface area contributed by atoms with Crippen LogP contribution in [0.2, 0.25) is 5.02 Å². The molecule has 98 valence electrons. The first kappa shape index (κ1) is 12.9. The van der Waals surface area contributed by atoms with Crippen LogP contribution in [0.5, 0.6) is 0 Å². The molecule has 1 aromatic carbocycles. The number of rotatable bonds is 1. The van der Waals surface area contributed by atoms with Crippen molar-refractivity contribution in [1.82, 2.24) is 5.32 Å². The highest BCUT2D eigenvalue weighted by molar-refractivity contribution is 9.10. The number of nitrogens with one attached hydrogen (secondary N) is 1. The molecular formula is C13H14BrClFNO. The van der Waals surface area contributed by atoms with Crippen molar-refractivity contribution in [2.75, 3.05) is 0 Å². The molecule has 2 aliphatic heterocycles. The summed E-state index contributed by atoms with van der Waals surface area (Å²) in [6.45, 7) is 0. The Morgan fingerprint density at radius 3 is 2.56 bits per heavy atom. The maximum Gasteiger partial charge on any atom is 0.149 e. The van der Waals surface area contributed by atoms with E-state index in [1.165, 1.54) is 0 Å². The van der Waals surface area contributed by atoms with Gasteiger partial charge in [0.1, 0.15) is 5.82 Å². The average molecular weight is 335 g/mol. The fourth-order valence-electron chi connectivity index (χ4n) is 3.23. The number of hydrogen-bond donors (Lipinski definition) is 2. The summed E-state index contributed by atoms with van der Waals surface area (Å²) < 4.78 is 14.7. The second-order valence-electron chi connectivity index (χ2n) is 5.30. The molecule has 2 nitrogen and oxygen atoms in total. The van der Waals surface area contributed by atoms with E-state index in [-0.39, 0.29) is 17.1 Å². The van der Waals surface area contributed by atoms with E-state index in [2.05, 4.69) is 21.2 Å². The van der Waals surface area contributed by atoms with E-state index in [4.69, 9.17) is 11.6 Å². The maximum atomic E-state index is 14.2. The van der Waals surface area contributed by atoms with Crippen LogP contribution in [0.25, 0.3) is 0 Å². The van der Waals surface area contributed by atoms with E-state index in [1.807, 2.05) is 0 Å².